The zero-order valence-corrected chi connectivity index (χ0v) is 12.5. The third-order valence-electron chi connectivity index (χ3n) is 3.38. The smallest absolute Gasteiger partial charge is 0.0451 e. The highest BCUT2D eigenvalue weighted by molar-refractivity contribution is 7.98. The van der Waals surface area contributed by atoms with Crippen LogP contribution in [0, 0.1) is 6.92 Å². The lowest BCUT2D eigenvalue weighted by molar-refractivity contribution is 0.574. The molecule has 1 aromatic heterocycles. The highest BCUT2D eigenvalue weighted by atomic mass is 32.2. The monoisotopic (exact) mass is 272 g/mol. The molecule has 1 unspecified atom stereocenters. The van der Waals surface area contributed by atoms with E-state index in [-0.39, 0.29) is 0 Å². The van der Waals surface area contributed by atoms with Gasteiger partial charge in [-0.05, 0) is 43.5 Å². The summed E-state index contributed by atoms with van der Waals surface area (Å²) in [6, 6.07) is 13.0. The van der Waals surface area contributed by atoms with Crippen molar-refractivity contribution in [2.45, 2.75) is 24.3 Å². The zero-order chi connectivity index (χ0) is 13.7. The number of hydrogen-bond acceptors (Lipinski definition) is 3. The standard InChI is InChI=1S/C16H20N2S/c1-12-7-6-10-18-14(12)11-15(17-2)13-8-4-5-9-16(13)19-3/h4-10,15,17H,11H2,1-3H3. The Balaban J connectivity index is 2.28. The number of pyridine rings is 1. The number of rotatable bonds is 5. The first-order valence-corrected chi connectivity index (χ1v) is 7.69. The Morgan fingerprint density at radius 3 is 2.68 bits per heavy atom. The fraction of sp³-hybridized carbons (Fsp3) is 0.312. The molecule has 1 N–H and O–H groups in total. The lowest BCUT2D eigenvalue weighted by atomic mass is 10.00. The molecule has 100 valence electrons. The minimum absolute atomic E-state index is 0.303. The molecule has 0 amide bonds. The number of likely N-dealkylation sites (N-methyl/N-ethyl adjacent to an activating group) is 1. The van der Waals surface area contributed by atoms with Gasteiger partial charge in [0.1, 0.15) is 0 Å². The molecule has 0 aliphatic rings. The number of thioether (sulfide) groups is 1. The molecule has 1 aromatic carbocycles. The molecule has 0 radical (unpaired) electrons. The molecular weight excluding hydrogens is 252 g/mol. The van der Waals surface area contributed by atoms with Crippen molar-refractivity contribution in [1.29, 1.82) is 0 Å². The van der Waals surface area contributed by atoms with Gasteiger partial charge in [0.2, 0.25) is 0 Å². The summed E-state index contributed by atoms with van der Waals surface area (Å²) in [5.74, 6) is 0. The van der Waals surface area contributed by atoms with E-state index in [0.29, 0.717) is 6.04 Å². The zero-order valence-electron chi connectivity index (χ0n) is 11.7. The van der Waals surface area contributed by atoms with Crippen LogP contribution in [0.3, 0.4) is 0 Å². The average Bonchev–Trinajstić information content (AvgIpc) is 2.46. The molecule has 0 bridgehead atoms. The summed E-state index contributed by atoms with van der Waals surface area (Å²) in [5, 5.41) is 3.42. The highest BCUT2D eigenvalue weighted by Gasteiger charge is 2.15. The van der Waals surface area contributed by atoms with Crippen LogP contribution in [-0.4, -0.2) is 18.3 Å². The maximum atomic E-state index is 4.50. The first-order valence-electron chi connectivity index (χ1n) is 6.47. The molecular formula is C16H20N2S. The summed E-state index contributed by atoms with van der Waals surface area (Å²) >= 11 is 1.79. The first kappa shape index (κ1) is 14.1. The van der Waals surface area contributed by atoms with E-state index in [9.17, 15) is 0 Å². The molecule has 0 aliphatic heterocycles. The molecule has 2 nitrogen and oxygen atoms in total. The van der Waals surface area contributed by atoms with Crippen LogP contribution in [0.15, 0.2) is 47.5 Å². The molecule has 1 atom stereocenters. The molecule has 0 fully saturated rings. The van der Waals surface area contributed by atoms with E-state index in [1.54, 1.807) is 11.8 Å². The fourth-order valence-electron chi connectivity index (χ4n) is 2.25. The van der Waals surface area contributed by atoms with Gasteiger partial charge in [0.05, 0.1) is 0 Å². The quantitative estimate of drug-likeness (QED) is 0.842. The largest absolute Gasteiger partial charge is 0.313 e. The molecule has 2 aromatic rings. The van der Waals surface area contributed by atoms with Crippen LogP contribution in [0.25, 0.3) is 0 Å². The minimum Gasteiger partial charge on any atom is -0.313 e. The van der Waals surface area contributed by atoms with Gasteiger partial charge < -0.3 is 5.32 Å². The lowest BCUT2D eigenvalue weighted by Gasteiger charge is -2.19. The van der Waals surface area contributed by atoms with E-state index in [1.807, 2.05) is 19.3 Å². The van der Waals surface area contributed by atoms with Gasteiger partial charge in [-0.3, -0.25) is 4.98 Å². The molecule has 0 saturated heterocycles. The van der Waals surface area contributed by atoms with Crippen molar-refractivity contribution in [3.63, 3.8) is 0 Å². The number of nitrogens with one attached hydrogen (secondary N) is 1. The SMILES string of the molecule is CNC(Cc1ncccc1C)c1ccccc1SC. The van der Waals surface area contributed by atoms with E-state index in [1.165, 1.54) is 16.0 Å². The Morgan fingerprint density at radius 1 is 1.21 bits per heavy atom. The second kappa shape index (κ2) is 6.73. The molecule has 2 rings (SSSR count). The first-order chi connectivity index (χ1) is 9.26. The van der Waals surface area contributed by atoms with Crippen molar-refractivity contribution >= 4 is 11.8 Å². The van der Waals surface area contributed by atoms with Gasteiger partial charge in [0.25, 0.3) is 0 Å². The van der Waals surface area contributed by atoms with Crippen LogP contribution >= 0.6 is 11.8 Å². The molecule has 0 aliphatic carbocycles. The highest BCUT2D eigenvalue weighted by Crippen LogP contribution is 2.27. The van der Waals surface area contributed by atoms with Crippen molar-refractivity contribution in [1.82, 2.24) is 10.3 Å². The molecule has 3 heteroatoms. The second-order valence-electron chi connectivity index (χ2n) is 4.55. The summed E-state index contributed by atoms with van der Waals surface area (Å²) in [6.07, 6.45) is 4.91. The third kappa shape index (κ3) is 3.37. The van der Waals surface area contributed by atoms with Crippen molar-refractivity contribution in [3.8, 4) is 0 Å². The Kier molecular flexibility index (Phi) is 5.00. The maximum Gasteiger partial charge on any atom is 0.0451 e. The van der Waals surface area contributed by atoms with E-state index >= 15 is 0 Å². The normalized spacial score (nSPS) is 12.4. The predicted octanol–water partition coefficient (Wildman–Crippen LogP) is 3.62. The minimum atomic E-state index is 0.303. The van der Waals surface area contributed by atoms with Crippen LogP contribution in [0.1, 0.15) is 22.9 Å². The predicted molar refractivity (Wildman–Crippen MR) is 82.7 cm³/mol. The number of aromatic nitrogens is 1. The van der Waals surface area contributed by atoms with Crippen LogP contribution in [-0.2, 0) is 6.42 Å². The van der Waals surface area contributed by atoms with Gasteiger partial charge in [-0.15, -0.1) is 11.8 Å². The summed E-state index contributed by atoms with van der Waals surface area (Å²) in [5.41, 5.74) is 3.77. The van der Waals surface area contributed by atoms with E-state index in [4.69, 9.17) is 0 Å². The summed E-state index contributed by atoms with van der Waals surface area (Å²) in [7, 11) is 2.01. The second-order valence-corrected chi connectivity index (χ2v) is 5.40. The van der Waals surface area contributed by atoms with Gasteiger partial charge in [-0.1, -0.05) is 24.3 Å². The molecule has 1 heterocycles. The van der Waals surface area contributed by atoms with Crippen LogP contribution in [0.5, 0.6) is 0 Å². The van der Waals surface area contributed by atoms with E-state index in [0.717, 1.165) is 12.1 Å². The van der Waals surface area contributed by atoms with E-state index < -0.39 is 0 Å². The maximum absolute atomic E-state index is 4.50. The van der Waals surface area contributed by atoms with Crippen molar-refractivity contribution in [2.24, 2.45) is 0 Å². The molecule has 0 saturated carbocycles. The Morgan fingerprint density at radius 2 is 2.00 bits per heavy atom. The van der Waals surface area contributed by atoms with Gasteiger partial charge in [0, 0.05) is 29.2 Å². The molecule has 19 heavy (non-hydrogen) atoms. The molecule has 0 spiro atoms. The van der Waals surface area contributed by atoms with Crippen molar-refractivity contribution in [3.05, 3.63) is 59.4 Å². The Hall–Kier alpha value is -1.32. The van der Waals surface area contributed by atoms with Crippen molar-refractivity contribution in [2.75, 3.05) is 13.3 Å². The van der Waals surface area contributed by atoms with Gasteiger partial charge in [0.15, 0.2) is 0 Å². The summed E-state index contributed by atoms with van der Waals surface area (Å²) < 4.78 is 0. The van der Waals surface area contributed by atoms with E-state index in [2.05, 4.69) is 53.8 Å². The van der Waals surface area contributed by atoms with Gasteiger partial charge in [-0.2, -0.15) is 0 Å². The lowest BCUT2D eigenvalue weighted by Crippen LogP contribution is -2.20. The van der Waals surface area contributed by atoms with Gasteiger partial charge >= 0.3 is 0 Å². The number of hydrogen-bond donors (Lipinski definition) is 1. The van der Waals surface area contributed by atoms with Crippen molar-refractivity contribution < 1.29 is 0 Å². The Labute approximate surface area is 119 Å². The van der Waals surface area contributed by atoms with Gasteiger partial charge in [-0.25, -0.2) is 0 Å². The van der Waals surface area contributed by atoms with Crippen LogP contribution in [0.2, 0.25) is 0 Å². The summed E-state index contributed by atoms with van der Waals surface area (Å²) in [6.45, 7) is 2.12. The third-order valence-corrected chi connectivity index (χ3v) is 4.19. The van der Waals surface area contributed by atoms with Crippen LogP contribution in [0.4, 0.5) is 0 Å². The van der Waals surface area contributed by atoms with Crippen LogP contribution < -0.4 is 5.32 Å². The number of aryl methyl sites for hydroxylation is 1. The topological polar surface area (TPSA) is 24.9 Å². The number of nitrogens with zero attached hydrogens (tertiary/aromatic N) is 1. The fourth-order valence-corrected chi connectivity index (χ4v) is 2.91. The Bertz CT molecular complexity index is 540. The number of benzene rings is 1. The average molecular weight is 272 g/mol. The summed E-state index contributed by atoms with van der Waals surface area (Å²) in [4.78, 5) is 5.83.